The Bertz CT molecular complexity index is 460. The first kappa shape index (κ1) is 12.4. The van der Waals surface area contributed by atoms with Crippen molar-refractivity contribution in [2.75, 3.05) is 13.2 Å². The van der Waals surface area contributed by atoms with Gasteiger partial charge in [-0.3, -0.25) is 4.84 Å². The number of aromatic nitrogens is 1. The first-order chi connectivity index (χ1) is 7.51. The van der Waals surface area contributed by atoms with Crippen LogP contribution >= 0.6 is 27.3 Å². The van der Waals surface area contributed by atoms with Crippen molar-refractivity contribution in [2.45, 2.75) is 24.1 Å². The zero-order valence-electron chi connectivity index (χ0n) is 8.64. The van der Waals surface area contributed by atoms with Crippen LogP contribution in [0.15, 0.2) is 8.13 Å². The van der Waals surface area contributed by atoms with E-state index in [0.29, 0.717) is 18.8 Å². The molecule has 5 nitrogen and oxygen atoms in total. The second-order valence-electron chi connectivity index (χ2n) is 3.41. The van der Waals surface area contributed by atoms with Crippen LogP contribution in [0.1, 0.15) is 18.5 Å². The Morgan fingerprint density at radius 3 is 2.75 bits per heavy atom. The molecule has 0 aliphatic carbocycles. The lowest BCUT2D eigenvalue weighted by Gasteiger charge is -2.23. The molecular weight excluding hydrogens is 316 g/mol. The van der Waals surface area contributed by atoms with E-state index in [-0.39, 0.29) is 4.34 Å². The number of hydrogen-bond acceptors (Lipinski definition) is 5. The Hall–Kier alpha value is -0.0200. The van der Waals surface area contributed by atoms with Crippen LogP contribution in [0, 0.1) is 6.92 Å². The highest BCUT2D eigenvalue weighted by atomic mass is 79.9. The van der Waals surface area contributed by atoms with Crippen molar-refractivity contribution in [2.24, 2.45) is 0 Å². The number of nitrogens with zero attached hydrogens (tertiary/aromatic N) is 2. The highest BCUT2D eigenvalue weighted by molar-refractivity contribution is 9.11. The molecule has 1 aromatic rings. The first-order valence-corrected chi connectivity index (χ1v) is 7.85. The SMILES string of the molecule is Cc1nc(S(=O)(=O)N2CCCCO2)sc1Br. The second kappa shape index (κ2) is 4.69. The molecule has 1 saturated heterocycles. The lowest BCUT2D eigenvalue weighted by molar-refractivity contribution is -0.108. The third kappa shape index (κ3) is 2.30. The molecule has 0 unspecified atom stereocenters. The predicted octanol–water partition coefficient (Wildman–Crippen LogP) is 1.93. The van der Waals surface area contributed by atoms with Gasteiger partial charge >= 0.3 is 0 Å². The van der Waals surface area contributed by atoms with Crippen molar-refractivity contribution >= 4 is 37.3 Å². The van der Waals surface area contributed by atoms with E-state index in [4.69, 9.17) is 4.84 Å². The molecule has 0 spiro atoms. The number of hydrogen-bond donors (Lipinski definition) is 0. The fourth-order valence-corrected chi connectivity index (χ4v) is 4.64. The zero-order chi connectivity index (χ0) is 11.8. The van der Waals surface area contributed by atoms with Gasteiger partial charge in [-0.25, -0.2) is 13.4 Å². The van der Waals surface area contributed by atoms with Crippen molar-refractivity contribution in [1.82, 2.24) is 9.45 Å². The fourth-order valence-electron chi connectivity index (χ4n) is 1.32. The zero-order valence-corrected chi connectivity index (χ0v) is 11.9. The molecule has 0 amide bonds. The summed E-state index contributed by atoms with van der Waals surface area (Å²) < 4.78 is 26.0. The van der Waals surface area contributed by atoms with Crippen molar-refractivity contribution in [3.05, 3.63) is 9.48 Å². The average Bonchev–Trinajstić information content (AvgIpc) is 2.61. The topological polar surface area (TPSA) is 59.5 Å². The van der Waals surface area contributed by atoms with E-state index in [9.17, 15) is 8.42 Å². The van der Waals surface area contributed by atoms with Gasteiger partial charge in [-0.15, -0.1) is 0 Å². The van der Waals surface area contributed by atoms with Gasteiger partial charge in [-0.2, -0.15) is 0 Å². The van der Waals surface area contributed by atoms with Crippen LogP contribution in [0.3, 0.4) is 0 Å². The summed E-state index contributed by atoms with van der Waals surface area (Å²) in [7, 11) is -3.58. The molecule has 0 bridgehead atoms. The molecule has 8 heteroatoms. The molecule has 2 heterocycles. The normalized spacial score (nSPS) is 18.9. The van der Waals surface area contributed by atoms with Gasteiger partial charge in [0.1, 0.15) is 0 Å². The van der Waals surface area contributed by atoms with Crippen LogP contribution in [0.2, 0.25) is 0 Å². The quantitative estimate of drug-likeness (QED) is 0.833. The summed E-state index contributed by atoms with van der Waals surface area (Å²) in [6.07, 6.45) is 1.72. The van der Waals surface area contributed by atoms with Gasteiger partial charge in [0.2, 0.25) is 4.34 Å². The monoisotopic (exact) mass is 326 g/mol. The molecule has 1 aromatic heterocycles. The van der Waals surface area contributed by atoms with Gasteiger partial charge in [0.15, 0.2) is 0 Å². The largest absolute Gasteiger partial charge is 0.292 e. The Morgan fingerprint density at radius 1 is 1.50 bits per heavy atom. The Balaban J connectivity index is 2.30. The predicted molar refractivity (Wildman–Crippen MR) is 63.6 cm³/mol. The minimum atomic E-state index is -3.58. The number of rotatable bonds is 2. The summed E-state index contributed by atoms with van der Waals surface area (Å²) in [6.45, 7) is 2.61. The van der Waals surface area contributed by atoms with E-state index < -0.39 is 10.0 Å². The van der Waals surface area contributed by atoms with Crippen LogP contribution < -0.4 is 0 Å². The summed E-state index contributed by atoms with van der Waals surface area (Å²) in [5, 5.41) is 0. The molecule has 1 aliphatic heterocycles. The van der Waals surface area contributed by atoms with Gasteiger partial charge in [-0.05, 0) is 35.7 Å². The molecule has 0 aromatic carbocycles. The molecular formula is C8H11BrN2O3S2. The molecule has 0 radical (unpaired) electrons. The summed E-state index contributed by atoms with van der Waals surface area (Å²) in [6, 6.07) is 0. The van der Waals surface area contributed by atoms with Crippen molar-refractivity contribution < 1.29 is 13.3 Å². The lowest BCUT2D eigenvalue weighted by Crippen LogP contribution is -2.35. The minimum Gasteiger partial charge on any atom is -0.284 e. The van der Waals surface area contributed by atoms with Crippen molar-refractivity contribution in [3.8, 4) is 0 Å². The molecule has 16 heavy (non-hydrogen) atoms. The van der Waals surface area contributed by atoms with E-state index in [0.717, 1.165) is 32.4 Å². The maximum absolute atomic E-state index is 12.1. The number of hydroxylamine groups is 1. The minimum absolute atomic E-state index is 0.0822. The molecule has 1 aliphatic rings. The summed E-state index contributed by atoms with van der Waals surface area (Å²) in [4.78, 5) is 9.16. The Labute approximate surface area is 107 Å². The van der Waals surface area contributed by atoms with E-state index in [1.807, 2.05) is 0 Å². The third-order valence-electron chi connectivity index (χ3n) is 2.18. The van der Waals surface area contributed by atoms with E-state index in [2.05, 4.69) is 20.9 Å². The van der Waals surface area contributed by atoms with Gasteiger partial charge in [0, 0.05) is 6.54 Å². The number of aryl methyl sites for hydroxylation is 1. The van der Waals surface area contributed by atoms with Crippen molar-refractivity contribution in [1.29, 1.82) is 0 Å². The van der Waals surface area contributed by atoms with Gasteiger partial charge in [0.25, 0.3) is 10.0 Å². The molecule has 90 valence electrons. The molecule has 0 atom stereocenters. The van der Waals surface area contributed by atoms with Crippen LogP contribution in [0.5, 0.6) is 0 Å². The summed E-state index contributed by atoms with van der Waals surface area (Å²) >= 11 is 4.38. The molecule has 0 saturated carbocycles. The maximum Gasteiger partial charge on any atom is 0.292 e. The third-order valence-corrected chi connectivity index (χ3v) is 6.22. The number of sulfonamides is 1. The molecule has 0 N–H and O–H groups in total. The summed E-state index contributed by atoms with van der Waals surface area (Å²) in [5.41, 5.74) is 0.681. The highest BCUT2D eigenvalue weighted by Crippen LogP contribution is 2.29. The maximum atomic E-state index is 12.1. The number of halogens is 1. The van der Waals surface area contributed by atoms with E-state index >= 15 is 0 Å². The standard InChI is InChI=1S/C8H11BrN2O3S2/c1-6-7(9)15-8(10-6)16(12,13)11-4-2-3-5-14-11/h2-5H2,1H3. The van der Waals surface area contributed by atoms with Gasteiger partial charge in [0.05, 0.1) is 16.1 Å². The first-order valence-electron chi connectivity index (χ1n) is 4.80. The van der Waals surface area contributed by atoms with Crippen LogP contribution in [-0.2, 0) is 14.9 Å². The lowest BCUT2D eigenvalue weighted by atomic mass is 10.3. The number of thiazole rings is 1. The van der Waals surface area contributed by atoms with Crippen LogP contribution in [0.4, 0.5) is 0 Å². The van der Waals surface area contributed by atoms with E-state index in [1.54, 1.807) is 6.92 Å². The van der Waals surface area contributed by atoms with E-state index in [1.165, 1.54) is 0 Å². The van der Waals surface area contributed by atoms with Gasteiger partial charge < -0.3 is 0 Å². The highest BCUT2D eigenvalue weighted by Gasteiger charge is 2.30. The second-order valence-corrected chi connectivity index (χ2v) is 7.73. The van der Waals surface area contributed by atoms with Crippen LogP contribution in [0.25, 0.3) is 0 Å². The van der Waals surface area contributed by atoms with Crippen molar-refractivity contribution in [3.63, 3.8) is 0 Å². The van der Waals surface area contributed by atoms with Crippen LogP contribution in [-0.4, -0.2) is 31.0 Å². The average molecular weight is 327 g/mol. The summed E-state index contributed by atoms with van der Waals surface area (Å²) in [5.74, 6) is 0. The Morgan fingerprint density at radius 2 is 2.25 bits per heavy atom. The smallest absolute Gasteiger partial charge is 0.284 e. The van der Waals surface area contributed by atoms with Gasteiger partial charge in [-0.1, -0.05) is 15.8 Å². The molecule has 1 fully saturated rings. The Kier molecular flexibility index (Phi) is 3.65. The molecule has 2 rings (SSSR count). The fraction of sp³-hybridized carbons (Fsp3) is 0.625.